The fourth-order valence-corrected chi connectivity index (χ4v) is 3.80. The molecule has 2 aliphatic rings. The summed E-state index contributed by atoms with van der Waals surface area (Å²) in [5.41, 5.74) is -0.372. The largest absolute Gasteiger partial charge is 0.389 e. The number of β-amino-alcohol motifs (C(OH)–C–C–N with tert-alkyl or cyclic N) is 1. The quantitative estimate of drug-likeness (QED) is 0.788. The third-order valence-corrected chi connectivity index (χ3v) is 4.86. The van der Waals surface area contributed by atoms with Gasteiger partial charge in [-0.1, -0.05) is 33.1 Å². The predicted octanol–water partition coefficient (Wildman–Crippen LogP) is 2.00. The smallest absolute Gasteiger partial charge is 0.0774 e. The van der Waals surface area contributed by atoms with Crippen LogP contribution in [0.2, 0.25) is 0 Å². The van der Waals surface area contributed by atoms with E-state index in [1.807, 2.05) is 0 Å². The van der Waals surface area contributed by atoms with Gasteiger partial charge in [0.2, 0.25) is 0 Å². The number of hydrogen-bond donors (Lipinski definition) is 2. The van der Waals surface area contributed by atoms with Gasteiger partial charge in [-0.05, 0) is 38.3 Å². The zero-order valence-electron chi connectivity index (χ0n) is 12.1. The minimum atomic E-state index is -0.372. The Bertz CT molecular complexity index is 251. The van der Waals surface area contributed by atoms with Crippen molar-refractivity contribution in [1.82, 2.24) is 10.2 Å². The van der Waals surface area contributed by atoms with Crippen LogP contribution in [0.3, 0.4) is 0 Å². The third kappa shape index (κ3) is 3.46. The monoisotopic (exact) mass is 254 g/mol. The maximum Gasteiger partial charge on any atom is 0.0774 e. The Kier molecular flexibility index (Phi) is 5.05. The molecule has 0 aromatic carbocycles. The van der Waals surface area contributed by atoms with Crippen LogP contribution in [0.25, 0.3) is 0 Å². The van der Waals surface area contributed by atoms with Gasteiger partial charge in [0.25, 0.3) is 0 Å². The number of likely N-dealkylation sites (tertiary alicyclic amines) is 1. The van der Waals surface area contributed by atoms with E-state index in [4.69, 9.17) is 0 Å². The highest BCUT2D eigenvalue weighted by Crippen LogP contribution is 2.31. The lowest BCUT2D eigenvalue weighted by Crippen LogP contribution is -2.52. The molecule has 0 bridgehead atoms. The first-order valence-electron chi connectivity index (χ1n) is 7.85. The van der Waals surface area contributed by atoms with Crippen LogP contribution in [0.5, 0.6) is 0 Å². The molecule has 1 aliphatic heterocycles. The number of aliphatic hydroxyl groups is 1. The highest BCUT2D eigenvalue weighted by molar-refractivity contribution is 4.91. The number of nitrogens with one attached hydrogen (secondary N) is 1. The number of hydrogen-bond acceptors (Lipinski definition) is 3. The summed E-state index contributed by atoms with van der Waals surface area (Å²) in [6.07, 6.45) is 6.92. The number of piperidine rings is 1. The van der Waals surface area contributed by atoms with Crippen molar-refractivity contribution in [3.05, 3.63) is 0 Å². The molecular formula is C15H30N2O. The second kappa shape index (κ2) is 6.36. The molecule has 2 N–H and O–H groups in total. The van der Waals surface area contributed by atoms with Crippen LogP contribution in [0.4, 0.5) is 0 Å². The number of rotatable bonds is 5. The van der Waals surface area contributed by atoms with Gasteiger partial charge in [-0.15, -0.1) is 0 Å². The molecule has 1 saturated carbocycles. The van der Waals surface area contributed by atoms with E-state index in [1.54, 1.807) is 0 Å². The molecule has 106 valence electrons. The van der Waals surface area contributed by atoms with Crippen LogP contribution >= 0.6 is 0 Å². The van der Waals surface area contributed by atoms with E-state index < -0.39 is 0 Å². The highest BCUT2D eigenvalue weighted by Gasteiger charge is 2.36. The molecule has 2 unspecified atom stereocenters. The van der Waals surface area contributed by atoms with Crippen LogP contribution in [-0.2, 0) is 0 Å². The highest BCUT2D eigenvalue weighted by atomic mass is 16.3. The minimum absolute atomic E-state index is 0.372. The Balaban J connectivity index is 1.85. The molecule has 3 nitrogen and oxygen atoms in total. The number of nitrogens with zero attached hydrogens (tertiary/aromatic N) is 1. The van der Waals surface area contributed by atoms with E-state index in [0.717, 1.165) is 44.9 Å². The molecule has 0 spiro atoms. The van der Waals surface area contributed by atoms with Gasteiger partial charge in [-0.3, -0.25) is 0 Å². The molecule has 0 amide bonds. The summed E-state index contributed by atoms with van der Waals surface area (Å²) in [5.74, 6) is 0.753. The second-order valence-corrected chi connectivity index (χ2v) is 6.29. The summed E-state index contributed by atoms with van der Waals surface area (Å²) in [6.45, 7) is 8.78. The van der Waals surface area contributed by atoms with E-state index in [1.165, 1.54) is 25.7 Å². The molecule has 2 atom stereocenters. The molecule has 0 radical (unpaired) electrons. The van der Waals surface area contributed by atoms with E-state index >= 15 is 0 Å². The van der Waals surface area contributed by atoms with Gasteiger partial charge in [0.1, 0.15) is 0 Å². The standard InChI is InChI=1S/C15H30N2O/c1-3-13-11-17(10-7-14(13)16-4-2)12-15(18)8-5-6-9-15/h13-14,16,18H,3-12H2,1-2H3. The van der Waals surface area contributed by atoms with Gasteiger partial charge >= 0.3 is 0 Å². The van der Waals surface area contributed by atoms with Crippen LogP contribution in [0.1, 0.15) is 52.4 Å². The van der Waals surface area contributed by atoms with Gasteiger partial charge in [-0.2, -0.15) is 0 Å². The van der Waals surface area contributed by atoms with Crippen LogP contribution < -0.4 is 5.32 Å². The summed E-state index contributed by atoms with van der Waals surface area (Å²) >= 11 is 0. The molecule has 1 aliphatic carbocycles. The first-order valence-corrected chi connectivity index (χ1v) is 7.85. The molecule has 3 heteroatoms. The van der Waals surface area contributed by atoms with Gasteiger partial charge in [-0.25, -0.2) is 0 Å². The van der Waals surface area contributed by atoms with Crippen molar-refractivity contribution < 1.29 is 5.11 Å². The topological polar surface area (TPSA) is 35.5 Å². The second-order valence-electron chi connectivity index (χ2n) is 6.29. The summed E-state index contributed by atoms with van der Waals surface area (Å²) in [5, 5.41) is 14.1. The van der Waals surface area contributed by atoms with Gasteiger partial charge in [0, 0.05) is 19.1 Å². The van der Waals surface area contributed by atoms with Crippen molar-refractivity contribution in [1.29, 1.82) is 0 Å². The zero-order chi connectivity index (χ0) is 13.0. The molecule has 2 fully saturated rings. The van der Waals surface area contributed by atoms with Crippen molar-refractivity contribution in [2.24, 2.45) is 5.92 Å². The first kappa shape index (κ1) is 14.3. The van der Waals surface area contributed by atoms with Crippen LogP contribution in [-0.4, -0.2) is 47.8 Å². The van der Waals surface area contributed by atoms with Gasteiger partial charge in [0.05, 0.1) is 5.60 Å². The molecule has 1 heterocycles. The van der Waals surface area contributed by atoms with Gasteiger partial charge in [0.15, 0.2) is 0 Å². The summed E-state index contributed by atoms with van der Waals surface area (Å²) in [6, 6.07) is 0.689. The SMILES string of the molecule is CCNC1CCN(CC2(O)CCCC2)CC1CC. The molecular weight excluding hydrogens is 224 g/mol. The van der Waals surface area contributed by atoms with Crippen molar-refractivity contribution in [3.63, 3.8) is 0 Å². The molecule has 18 heavy (non-hydrogen) atoms. The average Bonchev–Trinajstić information content (AvgIpc) is 2.78. The first-order chi connectivity index (χ1) is 8.67. The fraction of sp³-hybridized carbons (Fsp3) is 1.00. The summed E-state index contributed by atoms with van der Waals surface area (Å²) < 4.78 is 0. The lowest BCUT2D eigenvalue weighted by molar-refractivity contribution is -0.00684. The van der Waals surface area contributed by atoms with Gasteiger partial charge < -0.3 is 15.3 Å². The molecule has 0 aromatic rings. The normalized spacial score (nSPS) is 32.8. The van der Waals surface area contributed by atoms with E-state index in [0.29, 0.717) is 6.04 Å². The Morgan fingerprint density at radius 1 is 1.28 bits per heavy atom. The van der Waals surface area contributed by atoms with Crippen molar-refractivity contribution >= 4 is 0 Å². The maximum absolute atomic E-state index is 10.5. The molecule has 2 rings (SSSR count). The Labute approximate surface area is 112 Å². The predicted molar refractivity (Wildman–Crippen MR) is 75.7 cm³/mol. The lowest BCUT2D eigenvalue weighted by atomic mass is 9.88. The minimum Gasteiger partial charge on any atom is -0.389 e. The zero-order valence-corrected chi connectivity index (χ0v) is 12.1. The Morgan fingerprint density at radius 2 is 2.00 bits per heavy atom. The van der Waals surface area contributed by atoms with Crippen LogP contribution in [0.15, 0.2) is 0 Å². The van der Waals surface area contributed by atoms with E-state index in [9.17, 15) is 5.11 Å². The average molecular weight is 254 g/mol. The summed E-state index contributed by atoms with van der Waals surface area (Å²) in [4.78, 5) is 2.51. The maximum atomic E-state index is 10.5. The summed E-state index contributed by atoms with van der Waals surface area (Å²) in [7, 11) is 0. The Hall–Kier alpha value is -0.120. The Morgan fingerprint density at radius 3 is 2.61 bits per heavy atom. The van der Waals surface area contributed by atoms with Crippen molar-refractivity contribution in [2.45, 2.75) is 64.0 Å². The van der Waals surface area contributed by atoms with Crippen LogP contribution in [0, 0.1) is 5.92 Å². The van der Waals surface area contributed by atoms with Crippen molar-refractivity contribution in [3.8, 4) is 0 Å². The third-order valence-electron chi connectivity index (χ3n) is 4.86. The van der Waals surface area contributed by atoms with E-state index in [2.05, 4.69) is 24.1 Å². The van der Waals surface area contributed by atoms with Crippen molar-refractivity contribution in [2.75, 3.05) is 26.2 Å². The van der Waals surface area contributed by atoms with E-state index in [-0.39, 0.29) is 5.60 Å². The molecule has 0 aromatic heterocycles. The fourth-order valence-electron chi connectivity index (χ4n) is 3.80. The lowest BCUT2D eigenvalue weighted by Gasteiger charge is -2.41. The molecule has 1 saturated heterocycles.